The summed E-state index contributed by atoms with van der Waals surface area (Å²) in [5.74, 6) is -5.65. The van der Waals surface area contributed by atoms with E-state index >= 15 is 0 Å². The summed E-state index contributed by atoms with van der Waals surface area (Å²) < 4.78 is 57.4. The summed E-state index contributed by atoms with van der Waals surface area (Å²) in [7, 11) is 1.86. The first-order chi connectivity index (χ1) is 12.5. The molecule has 4 rings (SSSR count). The predicted octanol–water partition coefficient (Wildman–Crippen LogP) is 6.07. The maximum atomic E-state index is 14.2. The number of rotatable bonds is 2. The summed E-state index contributed by atoms with van der Waals surface area (Å²) in [6, 6.07) is 14.4. The van der Waals surface area contributed by atoms with E-state index in [9.17, 15) is 17.6 Å². The van der Waals surface area contributed by atoms with Crippen LogP contribution in [0.2, 0.25) is 0 Å². The van der Waals surface area contributed by atoms with E-state index in [1.807, 2.05) is 48.1 Å². The molecule has 0 aliphatic heterocycles. The lowest BCUT2D eigenvalue weighted by Gasteiger charge is -2.08. The monoisotopic (exact) mass is 355 g/mol. The maximum absolute atomic E-state index is 14.2. The van der Waals surface area contributed by atoms with E-state index in [1.165, 1.54) is 6.07 Å². The topological polar surface area (TPSA) is 4.93 Å². The Kier molecular flexibility index (Phi) is 3.80. The fourth-order valence-electron chi connectivity index (χ4n) is 3.22. The average molecular weight is 355 g/mol. The second-order valence-corrected chi connectivity index (χ2v) is 6.09. The highest BCUT2D eigenvalue weighted by atomic mass is 19.2. The molecular formula is C21H13F4N. The highest BCUT2D eigenvalue weighted by Gasteiger charge is 2.21. The minimum absolute atomic E-state index is 0.0780. The van der Waals surface area contributed by atoms with Crippen LogP contribution < -0.4 is 0 Å². The number of hydrogen-bond donors (Lipinski definition) is 0. The van der Waals surface area contributed by atoms with Gasteiger partial charge in [0.15, 0.2) is 23.3 Å². The van der Waals surface area contributed by atoms with Crippen molar-refractivity contribution >= 4 is 10.9 Å². The molecule has 4 aromatic rings. The third-order valence-corrected chi connectivity index (χ3v) is 4.47. The SMILES string of the molecule is Cn1cc(-c2ccccc2)c2cc(-c3c(F)c(F)cc(F)c3F)ccc21. The van der Waals surface area contributed by atoms with Crippen molar-refractivity contribution in [2.45, 2.75) is 0 Å². The highest BCUT2D eigenvalue weighted by molar-refractivity contribution is 5.98. The third kappa shape index (κ3) is 2.47. The Morgan fingerprint density at radius 2 is 1.38 bits per heavy atom. The zero-order valence-electron chi connectivity index (χ0n) is 13.7. The summed E-state index contributed by atoms with van der Waals surface area (Å²) in [4.78, 5) is 0. The van der Waals surface area contributed by atoms with Gasteiger partial charge in [-0.2, -0.15) is 0 Å². The van der Waals surface area contributed by atoms with E-state index in [0.29, 0.717) is 0 Å². The van der Waals surface area contributed by atoms with Gasteiger partial charge in [0.25, 0.3) is 0 Å². The Labute approximate surface area is 147 Å². The maximum Gasteiger partial charge on any atom is 0.169 e. The molecule has 0 unspecified atom stereocenters. The van der Waals surface area contributed by atoms with Crippen molar-refractivity contribution in [2.24, 2.45) is 7.05 Å². The fourth-order valence-corrected chi connectivity index (χ4v) is 3.22. The van der Waals surface area contributed by atoms with Crippen molar-refractivity contribution in [2.75, 3.05) is 0 Å². The van der Waals surface area contributed by atoms with Gasteiger partial charge in [-0.3, -0.25) is 0 Å². The molecule has 0 N–H and O–H groups in total. The van der Waals surface area contributed by atoms with Crippen LogP contribution in [0.1, 0.15) is 0 Å². The molecule has 0 amide bonds. The average Bonchev–Trinajstić information content (AvgIpc) is 2.97. The van der Waals surface area contributed by atoms with Crippen molar-refractivity contribution in [3.05, 3.63) is 84.1 Å². The van der Waals surface area contributed by atoms with Crippen LogP contribution in [-0.4, -0.2) is 4.57 Å². The minimum Gasteiger partial charge on any atom is -0.350 e. The smallest absolute Gasteiger partial charge is 0.169 e. The first-order valence-corrected chi connectivity index (χ1v) is 7.95. The molecule has 26 heavy (non-hydrogen) atoms. The largest absolute Gasteiger partial charge is 0.350 e. The summed E-state index contributed by atoms with van der Waals surface area (Å²) >= 11 is 0. The van der Waals surface area contributed by atoms with Gasteiger partial charge in [0.05, 0.1) is 5.56 Å². The number of nitrogens with zero attached hydrogens (tertiary/aromatic N) is 1. The Morgan fingerprint density at radius 3 is 2.04 bits per heavy atom. The van der Waals surface area contributed by atoms with Crippen LogP contribution in [0.4, 0.5) is 17.6 Å². The normalized spacial score (nSPS) is 11.3. The Morgan fingerprint density at radius 1 is 0.731 bits per heavy atom. The van der Waals surface area contributed by atoms with Gasteiger partial charge in [-0.25, -0.2) is 17.6 Å². The summed E-state index contributed by atoms with van der Waals surface area (Å²) in [5, 5.41) is 0.736. The third-order valence-electron chi connectivity index (χ3n) is 4.47. The van der Waals surface area contributed by atoms with E-state index in [1.54, 1.807) is 12.1 Å². The summed E-state index contributed by atoms with van der Waals surface area (Å²) in [6.07, 6.45) is 1.91. The first-order valence-electron chi connectivity index (χ1n) is 7.95. The van der Waals surface area contributed by atoms with Gasteiger partial charge < -0.3 is 4.57 Å². The van der Waals surface area contributed by atoms with Gasteiger partial charge in [-0.05, 0) is 23.3 Å². The zero-order chi connectivity index (χ0) is 18.4. The van der Waals surface area contributed by atoms with E-state index in [-0.39, 0.29) is 11.6 Å². The summed E-state index contributed by atoms with van der Waals surface area (Å²) in [5.41, 5.74) is 2.01. The number of halogens is 4. The molecule has 1 aromatic heterocycles. The lowest BCUT2D eigenvalue weighted by Crippen LogP contribution is -1.98. The number of fused-ring (bicyclic) bond motifs is 1. The van der Waals surface area contributed by atoms with Gasteiger partial charge in [0.2, 0.25) is 0 Å². The van der Waals surface area contributed by atoms with Gasteiger partial charge in [-0.1, -0.05) is 36.4 Å². The van der Waals surface area contributed by atoms with Gasteiger partial charge in [0.1, 0.15) is 0 Å². The van der Waals surface area contributed by atoms with Crippen molar-refractivity contribution < 1.29 is 17.6 Å². The highest BCUT2D eigenvalue weighted by Crippen LogP contribution is 2.36. The lowest BCUT2D eigenvalue weighted by atomic mass is 9.99. The molecule has 0 fully saturated rings. The quantitative estimate of drug-likeness (QED) is 0.304. The van der Waals surface area contributed by atoms with Crippen LogP contribution in [0.15, 0.2) is 60.8 Å². The second-order valence-electron chi connectivity index (χ2n) is 6.09. The van der Waals surface area contributed by atoms with Gasteiger partial charge in [0, 0.05) is 35.8 Å². The van der Waals surface area contributed by atoms with Crippen LogP contribution in [0, 0.1) is 23.3 Å². The van der Waals surface area contributed by atoms with Gasteiger partial charge >= 0.3 is 0 Å². The van der Waals surface area contributed by atoms with Gasteiger partial charge in [-0.15, -0.1) is 0 Å². The zero-order valence-corrected chi connectivity index (χ0v) is 13.7. The molecule has 130 valence electrons. The number of aryl methyl sites for hydroxylation is 1. The lowest BCUT2D eigenvalue weighted by molar-refractivity contribution is 0.458. The van der Waals surface area contributed by atoms with Crippen molar-refractivity contribution in [3.63, 3.8) is 0 Å². The van der Waals surface area contributed by atoms with Crippen molar-refractivity contribution in [3.8, 4) is 22.3 Å². The molecule has 0 aliphatic carbocycles. The molecule has 0 radical (unpaired) electrons. The Balaban J connectivity index is 2.01. The number of hydrogen-bond acceptors (Lipinski definition) is 0. The van der Waals surface area contributed by atoms with E-state index in [2.05, 4.69) is 0 Å². The molecule has 0 aliphatic rings. The summed E-state index contributed by atoms with van der Waals surface area (Å²) in [6.45, 7) is 0. The second kappa shape index (κ2) is 6.02. The fraction of sp³-hybridized carbons (Fsp3) is 0.0476. The minimum atomic E-state index is -1.42. The molecule has 3 aromatic carbocycles. The van der Waals surface area contributed by atoms with Crippen molar-refractivity contribution in [1.82, 2.24) is 4.57 Å². The molecule has 0 bridgehead atoms. The molecule has 5 heteroatoms. The van der Waals surface area contributed by atoms with Crippen LogP contribution in [0.5, 0.6) is 0 Å². The standard InChI is InChI=1S/C21H13F4N/c1-26-11-15(12-5-3-2-4-6-12)14-9-13(7-8-18(14)26)19-20(24)16(22)10-17(23)21(19)25/h2-11H,1H3. The molecule has 0 spiro atoms. The van der Waals surface area contributed by atoms with E-state index in [0.717, 1.165) is 22.0 Å². The molecule has 1 heterocycles. The Bertz CT molecular complexity index is 1100. The van der Waals surface area contributed by atoms with Crippen LogP contribution >= 0.6 is 0 Å². The van der Waals surface area contributed by atoms with Crippen LogP contribution in [-0.2, 0) is 7.05 Å². The molecule has 0 saturated heterocycles. The Hall–Kier alpha value is -3.08. The molecule has 0 atom stereocenters. The first kappa shape index (κ1) is 16.4. The molecular weight excluding hydrogens is 342 g/mol. The van der Waals surface area contributed by atoms with Crippen LogP contribution in [0.25, 0.3) is 33.2 Å². The van der Waals surface area contributed by atoms with E-state index in [4.69, 9.17) is 0 Å². The number of benzene rings is 3. The van der Waals surface area contributed by atoms with E-state index < -0.39 is 28.8 Å². The molecule has 1 nitrogen and oxygen atoms in total. The predicted molar refractivity (Wildman–Crippen MR) is 93.6 cm³/mol. The van der Waals surface area contributed by atoms with Crippen LogP contribution in [0.3, 0.4) is 0 Å². The van der Waals surface area contributed by atoms with Crippen molar-refractivity contribution in [1.29, 1.82) is 0 Å². The molecule has 0 saturated carbocycles. The number of aromatic nitrogens is 1.